The van der Waals surface area contributed by atoms with Crippen molar-refractivity contribution in [3.8, 4) is 22.8 Å². The average Bonchev–Trinajstić information content (AvgIpc) is 3.19. The molecule has 0 fully saturated rings. The molecule has 0 bridgehead atoms. The number of halogens is 2. The molecular weight excluding hydrogens is 430 g/mol. The zero-order valence-corrected chi connectivity index (χ0v) is 18.3. The van der Waals surface area contributed by atoms with Crippen molar-refractivity contribution in [3.63, 3.8) is 0 Å². The molecule has 2 aromatic carbocycles. The van der Waals surface area contributed by atoms with Crippen molar-refractivity contribution in [2.24, 2.45) is 0 Å². The Morgan fingerprint density at radius 1 is 1.15 bits per heavy atom. The molecule has 0 atom stereocenters. The van der Waals surface area contributed by atoms with Crippen molar-refractivity contribution >= 4 is 22.5 Å². The molecule has 2 aromatic heterocycles. The standard InChI is InChI=1S/C24H22F2N4O3/c1-4-30-14(2)18(13-27-30)20-12-17(16-7-5-6-8-19(16)29-20)23(31)28-15-9-10-21(33-24(25)26)22(11-15)32-3/h5-13,24H,4H2,1-3H3,(H,28,31). The molecule has 0 radical (unpaired) electrons. The molecule has 0 spiro atoms. The van der Waals surface area contributed by atoms with E-state index < -0.39 is 6.61 Å². The number of carbonyl (C=O) groups excluding carboxylic acids is 1. The van der Waals surface area contributed by atoms with Crippen LogP contribution in [0, 0.1) is 6.92 Å². The number of benzene rings is 2. The lowest BCUT2D eigenvalue weighted by Gasteiger charge is -2.13. The summed E-state index contributed by atoms with van der Waals surface area (Å²) in [5, 5.41) is 7.87. The van der Waals surface area contributed by atoms with E-state index in [9.17, 15) is 13.6 Å². The first kappa shape index (κ1) is 22.2. The van der Waals surface area contributed by atoms with Crippen molar-refractivity contribution in [2.45, 2.75) is 27.0 Å². The molecule has 1 amide bonds. The van der Waals surface area contributed by atoms with Crippen LogP contribution in [0.1, 0.15) is 23.0 Å². The van der Waals surface area contributed by atoms with Crippen LogP contribution in [0.4, 0.5) is 14.5 Å². The van der Waals surface area contributed by atoms with Crippen LogP contribution in [-0.2, 0) is 6.54 Å². The van der Waals surface area contributed by atoms with Crippen LogP contribution < -0.4 is 14.8 Å². The van der Waals surface area contributed by atoms with E-state index in [4.69, 9.17) is 9.72 Å². The highest BCUT2D eigenvalue weighted by molar-refractivity contribution is 6.13. The summed E-state index contributed by atoms with van der Waals surface area (Å²) in [6.45, 7) is 1.70. The molecule has 0 aliphatic carbocycles. The number of pyridine rings is 1. The molecule has 33 heavy (non-hydrogen) atoms. The maximum Gasteiger partial charge on any atom is 0.387 e. The number of aromatic nitrogens is 3. The number of amides is 1. The summed E-state index contributed by atoms with van der Waals surface area (Å²) in [7, 11) is 1.33. The third-order valence-corrected chi connectivity index (χ3v) is 5.28. The topological polar surface area (TPSA) is 78.3 Å². The fourth-order valence-corrected chi connectivity index (χ4v) is 3.66. The minimum atomic E-state index is -2.98. The second kappa shape index (κ2) is 9.23. The van der Waals surface area contributed by atoms with Crippen LogP contribution in [0.25, 0.3) is 22.2 Å². The number of nitrogens with zero attached hydrogens (tertiary/aromatic N) is 3. The third kappa shape index (κ3) is 4.48. The van der Waals surface area contributed by atoms with Gasteiger partial charge in [0.05, 0.1) is 30.1 Å². The monoisotopic (exact) mass is 452 g/mol. The minimum absolute atomic E-state index is 0.0796. The average molecular weight is 452 g/mol. The molecule has 1 N–H and O–H groups in total. The maximum absolute atomic E-state index is 13.3. The molecular formula is C24H22F2N4O3. The zero-order chi connectivity index (χ0) is 23.5. The van der Waals surface area contributed by atoms with Crippen LogP contribution >= 0.6 is 0 Å². The lowest BCUT2D eigenvalue weighted by Crippen LogP contribution is -2.13. The number of hydrogen-bond donors (Lipinski definition) is 1. The van der Waals surface area contributed by atoms with Crippen molar-refractivity contribution in [1.82, 2.24) is 14.8 Å². The van der Waals surface area contributed by atoms with E-state index >= 15 is 0 Å². The van der Waals surface area contributed by atoms with Gasteiger partial charge in [0.2, 0.25) is 0 Å². The van der Waals surface area contributed by atoms with Crippen molar-refractivity contribution in [1.29, 1.82) is 0 Å². The smallest absolute Gasteiger partial charge is 0.387 e. The summed E-state index contributed by atoms with van der Waals surface area (Å²) in [4.78, 5) is 18.0. The van der Waals surface area contributed by atoms with Gasteiger partial charge in [-0.05, 0) is 38.1 Å². The number of aryl methyl sites for hydroxylation is 1. The first-order chi connectivity index (χ1) is 15.9. The van der Waals surface area contributed by atoms with Crippen LogP contribution in [0.15, 0.2) is 54.7 Å². The Balaban J connectivity index is 1.73. The Hall–Kier alpha value is -4.01. The molecule has 0 saturated carbocycles. The predicted molar refractivity (Wildman–Crippen MR) is 121 cm³/mol. The van der Waals surface area contributed by atoms with E-state index in [0.29, 0.717) is 27.8 Å². The van der Waals surface area contributed by atoms with Gasteiger partial charge in [-0.25, -0.2) is 4.98 Å². The van der Waals surface area contributed by atoms with Gasteiger partial charge in [0.1, 0.15) is 0 Å². The van der Waals surface area contributed by atoms with Gasteiger partial charge < -0.3 is 14.8 Å². The summed E-state index contributed by atoms with van der Waals surface area (Å²) in [5.74, 6) is -0.415. The summed E-state index contributed by atoms with van der Waals surface area (Å²) in [6, 6.07) is 13.3. The highest BCUT2D eigenvalue weighted by atomic mass is 19.3. The van der Waals surface area contributed by atoms with E-state index in [2.05, 4.69) is 15.2 Å². The molecule has 170 valence electrons. The first-order valence-electron chi connectivity index (χ1n) is 10.3. The van der Waals surface area contributed by atoms with Crippen LogP contribution in [0.2, 0.25) is 0 Å². The zero-order valence-electron chi connectivity index (χ0n) is 18.3. The third-order valence-electron chi connectivity index (χ3n) is 5.28. The maximum atomic E-state index is 13.3. The van der Waals surface area contributed by atoms with Gasteiger partial charge >= 0.3 is 6.61 Å². The van der Waals surface area contributed by atoms with Crippen LogP contribution in [0.3, 0.4) is 0 Å². The lowest BCUT2D eigenvalue weighted by atomic mass is 10.0. The summed E-state index contributed by atoms with van der Waals surface area (Å²) in [6.07, 6.45) is 1.74. The molecule has 0 saturated heterocycles. The van der Waals surface area contributed by atoms with E-state index in [-0.39, 0.29) is 17.4 Å². The molecule has 0 unspecified atom stereocenters. The normalized spacial score (nSPS) is 11.1. The second-order valence-electron chi connectivity index (χ2n) is 7.23. The van der Waals surface area contributed by atoms with Crippen LogP contribution in [-0.4, -0.2) is 34.4 Å². The Bertz CT molecular complexity index is 1320. The molecule has 0 aliphatic rings. The number of carbonyl (C=O) groups is 1. The molecule has 4 rings (SSSR count). The molecule has 9 heteroatoms. The minimum Gasteiger partial charge on any atom is -0.493 e. The highest BCUT2D eigenvalue weighted by Gasteiger charge is 2.18. The molecule has 2 heterocycles. The molecule has 0 aliphatic heterocycles. The number of para-hydroxylation sites is 1. The van der Waals surface area contributed by atoms with Crippen molar-refractivity contribution < 1.29 is 23.0 Å². The first-order valence-corrected chi connectivity index (χ1v) is 10.3. The fraction of sp³-hybridized carbons (Fsp3) is 0.208. The Labute approximate surface area is 189 Å². The fourth-order valence-electron chi connectivity index (χ4n) is 3.66. The number of methoxy groups -OCH3 is 1. The van der Waals surface area contributed by atoms with Crippen molar-refractivity contribution in [2.75, 3.05) is 12.4 Å². The number of anilines is 1. The number of hydrogen-bond acceptors (Lipinski definition) is 5. The quantitative estimate of drug-likeness (QED) is 0.412. The lowest BCUT2D eigenvalue weighted by molar-refractivity contribution is -0.0512. The predicted octanol–water partition coefficient (Wildman–Crippen LogP) is 5.29. The van der Waals surface area contributed by atoms with Gasteiger partial charge in [0.25, 0.3) is 5.91 Å². The molecule has 7 nitrogen and oxygen atoms in total. The van der Waals surface area contributed by atoms with Gasteiger partial charge in [-0.2, -0.15) is 13.9 Å². The molecule has 4 aromatic rings. The SMILES string of the molecule is CCn1ncc(-c2cc(C(=O)Nc3ccc(OC(F)F)c(OC)c3)c3ccccc3n2)c1C. The van der Waals surface area contributed by atoms with Gasteiger partial charge in [-0.15, -0.1) is 0 Å². The van der Waals surface area contributed by atoms with Gasteiger partial charge in [0.15, 0.2) is 11.5 Å². The summed E-state index contributed by atoms with van der Waals surface area (Å²) >= 11 is 0. The van der Waals surface area contributed by atoms with E-state index in [1.807, 2.05) is 42.8 Å². The largest absolute Gasteiger partial charge is 0.493 e. The van der Waals surface area contributed by atoms with E-state index in [0.717, 1.165) is 17.8 Å². The number of fused-ring (bicyclic) bond motifs is 1. The number of alkyl halides is 2. The Kier molecular flexibility index (Phi) is 6.21. The van der Waals surface area contributed by atoms with E-state index in [1.165, 1.54) is 25.3 Å². The number of ether oxygens (including phenoxy) is 2. The van der Waals surface area contributed by atoms with Crippen molar-refractivity contribution in [3.05, 3.63) is 66.0 Å². The van der Waals surface area contributed by atoms with Gasteiger partial charge in [-0.3, -0.25) is 9.48 Å². The Morgan fingerprint density at radius 2 is 1.94 bits per heavy atom. The summed E-state index contributed by atoms with van der Waals surface area (Å²) in [5.41, 5.74) is 3.89. The second-order valence-corrected chi connectivity index (χ2v) is 7.23. The van der Waals surface area contributed by atoms with Crippen LogP contribution in [0.5, 0.6) is 11.5 Å². The van der Waals surface area contributed by atoms with Gasteiger partial charge in [0, 0.05) is 34.9 Å². The summed E-state index contributed by atoms with van der Waals surface area (Å²) < 4.78 is 36.6. The number of rotatable bonds is 7. The van der Waals surface area contributed by atoms with Gasteiger partial charge in [-0.1, -0.05) is 18.2 Å². The van der Waals surface area contributed by atoms with E-state index in [1.54, 1.807) is 12.3 Å². The Morgan fingerprint density at radius 3 is 2.64 bits per heavy atom. The highest BCUT2D eigenvalue weighted by Crippen LogP contribution is 2.32. The number of nitrogens with one attached hydrogen (secondary N) is 1.